The van der Waals surface area contributed by atoms with Crippen molar-refractivity contribution in [2.75, 3.05) is 6.54 Å². The summed E-state index contributed by atoms with van der Waals surface area (Å²) >= 11 is 0. The number of halogens is 1. The van der Waals surface area contributed by atoms with Crippen molar-refractivity contribution >= 4 is 29.1 Å². The molecule has 2 atom stereocenters. The number of esters is 1. The van der Waals surface area contributed by atoms with Crippen LogP contribution in [-0.2, 0) is 28.9 Å². The third kappa shape index (κ3) is 3.77. The first-order valence-electron chi connectivity index (χ1n) is 10.2. The number of carbonyl (C=O) groups is 1. The van der Waals surface area contributed by atoms with E-state index in [1.54, 1.807) is 0 Å². The standard InChI is InChI=1S/C25H25NO2.ClH/c1-17(27)28-24-15-22(26-13-12-18-6-2-3-8-21(18)16-26)14-20-11-10-19-7-4-5-9-23(19)25(20)24;/h2-11,22,24H,12-16H2,1H3;1H. The van der Waals surface area contributed by atoms with Crippen molar-refractivity contribution < 1.29 is 9.53 Å². The van der Waals surface area contributed by atoms with Gasteiger partial charge >= 0.3 is 5.97 Å². The molecule has 2 unspecified atom stereocenters. The number of nitrogens with zero attached hydrogens (tertiary/aromatic N) is 1. The Hall–Kier alpha value is -2.36. The van der Waals surface area contributed by atoms with E-state index in [1.807, 2.05) is 0 Å². The van der Waals surface area contributed by atoms with E-state index >= 15 is 0 Å². The first-order chi connectivity index (χ1) is 13.7. The van der Waals surface area contributed by atoms with Gasteiger partial charge in [0.2, 0.25) is 0 Å². The number of hydrogen-bond acceptors (Lipinski definition) is 3. The van der Waals surface area contributed by atoms with Gasteiger partial charge in [0.1, 0.15) is 6.10 Å². The molecule has 0 amide bonds. The molecule has 150 valence electrons. The van der Waals surface area contributed by atoms with Gasteiger partial charge < -0.3 is 4.74 Å². The van der Waals surface area contributed by atoms with Crippen LogP contribution < -0.4 is 0 Å². The van der Waals surface area contributed by atoms with Gasteiger partial charge in [-0.1, -0.05) is 60.7 Å². The van der Waals surface area contributed by atoms with Crippen LogP contribution >= 0.6 is 12.4 Å². The van der Waals surface area contributed by atoms with Gasteiger partial charge in [-0.3, -0.25) is 9.69 Å². The fraction of sp³-hybridized carbons (Fsp3) is 0.320. The molecule has 0 fully saturated rings. The SMILES string of the molecule is CC(=O)OC1CC(N2CCc3ccccc3C2)Cc2ccc3ccccc3c21.Cl. The summed E-state index contributed by atoms with van der Waals surface area (Å²) in [7, 11) is 0. The lowest BCUT2D eigenvalue weighted by Crippen LogP contribution is -2.43. The van der Waals surface area contributed by atoms with Crippen LogP contribution in [-0.4, -0.2) is 23.5 Å². The molecule has 0 spiro atoms. The van der Waals surface area contributed by atoms with Gasteiger partial charge in [-0.05, 0) is 40.3 Å². The topological polar surface area (TPSA) is 29.5 Å². The molecule has 3 aromatic carbocycles. The van der Waals surface area contributed by atoms with Gasteiger partial charge in [0, 0.05) is 38.0 Å². The maximum Gasteiger partial charge on any atom is 0.303 e. The molecule has 29 heavy (non-hydrogen) atoms. The Morgan fingerprint density at radius 1 is 0.966 bits per heavy atom. The Morgan fingerprint density at radius 2 is 1.72 bits per heavy atom. The lowest BCUT2D eigenvalue weighted by Gasteiger charge is -2.40. The fourth-order valence-electron chi connectivity index (χ4n) is 5.02. The van der Waals surface area contributed by atoms with Crippen molar-refractivity contribution in [3.05, 3.63) is 82.9 Å². The van der Waals surface area contributed by atoms with E-state index in [2.05, 4.69) is 65.6 Å². The van der Waals surface area contributed by atoms with E-state index in [-0.39, 0.29) is 24.5 Å². The van der Waals surface area contributed by atoms with E-state index in [0.717, 1.165) is 32.4 Å². The van der Waals surface area contributed by atoms with Gasteiger partial charge in [0.25, 0.3) is 0 Å². The smallest absolute Gasteiger partial charge is 0.303 e. The predicted molar refractivity (Wildman–Crippen MR) is 118 cm³/mol. The molecular formula is C25H26ClNO2. The van der Waals surface area contributed by atoms with Gasteiger partial charge in [0.05, 0.1) is 0 Å². The third-order valence-electron chi connectivity index (χ3n) is 6.31. The maximum atomic E-state index is 11.9. The van der Waals surface area contributed by atoms with E-state index in [0.29, 0.717) is 6.04 Å². The molecule has 2 aliphatic rings. The van der Waals surface area contributed by atoms with Crippen LogP contribution in [0.2, 0.25) is 0 Å². The van der Waals surface area contributed by atoms with E-state index in [4.69, 9.17) is 4.74 Å². The molecule has 0 N–H and O–H groups in total. The van der Waals surface area contributed by atoms with Gasteiger partial charge in [-0.15, -0.1) is 12.4 Å². The predicted octanol–water partition coefficient (Wildman–Crippen LogP) is 5.24. The van der Waals surface area contributed by atoms with E-state index in [1.165, 1.54) is 39.9 Å². The number of carbonyl (C=O) groups excluding carboxylic acids is 1. The summed E-state index contributed by atoms with van der Waals surface area (Å²) in [5, 5.41) is 2.43. The van der Waals surface area contributed by atoms with Crippen molar-refractivity contribution in [1.29, 1.82) is 0 Å². The van der Waals surface area contributed by atoms with Crippen LogP contribution in [0.3, 0.4) is 0 Å². The second kappa shape index (κ2) is 8.17. The molecule has 1 aliphatic carbocycles. The van der Waals surface area contributed by atoms with Crippen molar-refractivity contribution in [3.63, 3.8) is 0 Å². The zero-order chi connectivity index (χ0) is 19.1. The quantitative estimate of drug-likeness (QED) is 0.544. The summed E-state index contributed by atoms with van der Waals surface area (Å²) in [6, 6.07) is 22.0. The third-order valence-corrected chi connectivity index (χ3v) is 6.31. The fourth-order valence-corrected chi connectivity index (χ4v) is 5.02. The van der Waals surface area contributed by atoms with E-state index < -0.39 is 0 Å². The Balaban J connectivity index is 0.00000205. The molecule has 1 heterocycles. The van der Waals surface area contributed by atoms with Gasteiger partial charge in [-0.2, -0.15) is 0 Å². The minimum atomic E-state index is -0.200. The highest BCUT2D eigenvalue weighted by atomic mass is 35.5. The molecule has 5 rings (SSSR count). The molecule has 0 saturated heterocycles. The summed E-state index contributed by atoms with van der Waals surface area (Å²) < 4.78 is 5.85. The average Bonchev–Trinajstić information content (AvgIpc) is 2.72. The van der Waals surface area contributed by atoms with Crippen LogP contribution in [0.25, 0.3) is 10.8 Å². The molecule has 0 saturated carbocycles. The first kappa shape index (κ1) is 19.9. The molecular weight excluding hydrogens is 382 g/mol. The largest absolute Gasteiger partial charge is 0.458 e. The number of ether oxygens (including phenoxy) is 1. The second-order valence-corrected chi connectivity index (χ2v) is 8.04. The summed E-state index contributed by atoms with van der Waals surface area (Å²) in [4.78, 5) is 14.4. The summed E-state index contributed by atoms with van der Waals surface area (Å²) in [5.41, 5.74) is 5.43. The number of rotatable bonds is 2. The van der Waals surface area contributed by atoms with E-state index in [9.17, 15) is 4.79 Å². The molecule has 3 aromatic rings. The second-order valence-electron chi connectivity index (χ2n) is 8.04. The molecule has 1 aliphatic heterocycles. The number of benzene rings is 3. The van der Waals surface area contributed by atoms with Crippen LogP contribution in [0.4, 0.5) is 0 Å². The Bertz CT molecular complexity index is 1050. The Kier molecular flexibility index (Phi) is 5.62. The minimum absolute atomic E-state index is 0. The zero-order valence-corrected chi connectivity index (χ0v) is 17.5. The minimum Gasteiger partial charge on any atom is -0.458 e. The summed E-state index contributed by atoms with van der Waals surface area (Å²) in [6.45, 7) is 3.57. The molecule has 3 nitrogen and oxygen atoms in total. The number of hydrogen-bond donors (Lipinski definition) is 0. The van der Waals surface area contributed by atoms with Gasteiger partial charge in [-0.25, -0.2) is 0 Å². The normalized spacial score (nSPS) is 21.0. The molecule has 0 bridgehead atoms. The first-order valence-corrected chi connectivity index (χ1v) is 10.2. The molecule has 0 radical (unpaired) electrons. The van der Waals surface area contributed by atoms with Crippen molar-refractivity contribution in [2.45, 2.75) is 44.9 Å². The molecule has 0 aromatic heterocycles. The monoisotopic (exact) mass is 407 g/mol. The highest BCUT2D eigenvalue weighted by Gasteiger charge is 2.34. The van der Waals surface area contributed by atoms with Crippen LogP contribution in [0.1, 0.15) is 41.7 Å². The maximum absolute atomic E-state index is 11.9. The van der Waals surface area contributed by atoms with Crippen LogP contribution in [0.15, 0.2) is 60.7 Å². The number of fused-ring (bicyclic) bond motifs is 4. The van der Waals surface area contributed by atoms with Crippen LogP contribution in [0, 0.1) is 0 Å². The zero-order valence-electron chi connectivity index (χ0n) is 16.6. The Morgan fingerprint density at radius 3 is 2.55 bits per heavy atom. The lowest BCUT2D eigenvalue weighted by molar-refractivity contribution is -0.148. The summed E-state index contributed by atoms with van der Waals surface area (Å²) in [6.07, 6.45) is 2.80. The van der Waals surface area contributed by atoms with Crippen molar-refractivity contribution in [1.82, 2.24) is 4.90 Å². The lowest BCUT2D eigenvalue weighted by atomic mass is 9.81. The molecule has 4 heteroatoms. The summed E-state index contributed by atoms with van der Waals surface area (Å²) in [5.74, 6) is -0.200. The van der Waals surface area contributed by atoms with Crippen molar-refractivity contribution in [3.8, 4) is 0 Å². The van der Waals surface area contributed by atoms with Crippen molar-refractivity contribution in [2.24, 2.45) is 0 Å². The van der Waals surface area contributed by atoms with Crippen LogP contribution in [0.5, 0.6) is 0 Å². The van der Waals surface area contributed by atoms with Gasteiger partial charge in [0.15, 0.2) is 0 Å². The average molecular weight is 408 g/mol. The Labute approximate surface area is 178 Å². The highest BCUT2D eigenvalue weighted by Crippen LogP contribution is 2.40. The highest BCUT2D eigenvalue weighted by molar-refractivity contribution is 5.87.